The van der Waals surface area contributed by atoms with Gasteiger partial charge in [-0.05, 0) is 25.3 Å². The van der Waals surface area contributed by atoms with Crippen LogP contribution in [0.3, 0.4) is 0 Å². The monoisotopic (exact) mass is 345 g/mol. The molecule has 1 aliphatic heterocycles. The van der Waals surface area contributed by atoms with E-state index >= 15 is 0 Å². The van der Waals surface area contributed by atoms with Crippen molar-refractivity contribution in [3.63, 3.8) is 0 Å². The molecule has 2 heterocycles. The number of fused-ring (bicyclic) bond motifs is 1. The smallest absolute Gasteiger partial charge is 0.261 e. The Morgan fingerprint density at radius 1 is 1.16 bits per heavy atom. The Balaban J connectivity index is 1.74. The molecule has 0 spiro atoms. The molecule has 25 heavy (non-hydrogen) atoms. The number of benzene rings is 1. The Bertz CT molecular complexity index is 825. The highest BCUT2D eigenvalue weighted by molar-refractivity contribution is 5.81. The number of hydrogen-bond donors (Lipinski definition) is 0. The summed E-state index contributed by atoms with van der Waals surface area (Å²) in [5.41, 5.74) is 0.423. The van der Waals surface area contributed by atoms with Crippen molar-refractivity contribution in [1.82, 2.24) is 14.5 Å². The van der Waals surface area contributed by atoms with Gasteiger partial charge in [-0.25, -0.2) is 4.98 Å². The van der Waals surface area contributed by atoms with Gasteiger partial charge >= 0.3 is 0 Å². The van der Waals surface area contributed by atoms with Crippen LogP contribution < -0.4 is 15.0 Å². The van der Waals surface area contributed by atoms with Crippen LogP contribution in [0.25, 0.3) is 10.9 Å². The topological polar surface area (TPSA) is 73.7 Å². The van der Waals surface area contributed by atoms with E-state index in [-0.39, 0.29) is 11.5 Å². The number of hydrogen-bond acceptors (Lipinski definition) is 5. The summed E-state index contributed by atoms with van der Waals surface area (Å²) in [5.74, 6) is 1.21. The third-order valence-corrected chi connectivity index (χ3v) is 4.58. The van der Waals surface area contributed by atoms with Crippen LogP contribution in [0.1, 0.15) is 25.7 Å². The Kier molecular flexibility index (Phi) is 5.21. The fraction of sp³-hybridized carbons (Fsp3) is 0.500. The summed E-state index contributed by atoms with van der Waals surface area (Å²) in [5, 5.41) is 0.478. The first-order valence-electron chi connectivity index (χ1n) is 8.53. The van der Waals surface area contributed by atoms with E-state index in [0.29, 0.717) is 41.8 Å². The zero-order chi connectivity index (χ0) is 17.8. The zero-order valence-corrected chi connectivity index (χ0v) is 14.7. The van der Waals surface area contributed by atoms with E-state index < -0.39 is 0 Å². The molecule has 0 unspecified atom stereocenters. The van der Waals surface area contributed by atoms with Crippen LogP contribution >= 0.6 is 0 Å². The standard InChI is InChI=1S/C18H23N3O4/c1-24-15-10-13-14(11-16(15)25-2)19-12-21(18(13)23)9-5-6-17(22)20-7-3-4-8-20/h10-12H,3-9H2,1-2H3. The molecule has 1 aliphatic rings. The van der Waals surface area contributed by atoms with Crippen molar-refractivity contribution in [3.8, 4) is 11.5 Å². The zero-order valence-electron chi connectivity index (χ0n) is 14.7. The van der Waals surface area contributed by atoms with E-state index in [1.165, 1.54) is 13.4 Å². The van der Waals surface area contributed by atoms with Crippen molar-refractivity contribution in [1.29, 1.82) is 0 Å². The van der Waals surface area contributed by atoms with Crippen molar-refractivity contribution < 1.29 is 14.3 Å². The number of amides is 1. The van der Waals surface area contributed by atoms with Gasteiger partial charge in [0.15, 0.2) is 11.5 Å². The van der Waals surface area contributed by atoms with E-state index in [4.69, 9.17) is 9.47 Å². The molecule has 0 aliphatic carbocycles. The second-order valence-electron chi connectivity index (χ2n) is 6.16. The van der Waals surface area contributed by atoms with Gasteiger partial charge in [-0.3, -0.25) is 14.2 Å². The van der Waals surface area contributed by atoms with Crippen LogP contribution in [0, 0.1) is 0 Å². The van der Waals surface area contributed by atoms with Gasteiger partial charge in [0.25, 0.3) is 5.56 Å². The summed E-state index contributed by atoms with van der Waals surface area (Å²) in [7, 11) is 3.07. The highest BCUT2D eigenvalue weighted by Gasteiger charge is 2.17. The van der Waals surface area contributed by atoms with Gasteiger partial charge in [0.1, 0.15) is 0 Å². The third kappa shape index (κ3) is 3.60. The summed E-state index contributed by atoms with van der Waals surface area (Å²) < 4.78 is 12.0. The van der Waals surface area contributed by atoms with Crippen LogP contribution in [0.5, 0.6) is 11.5 Å². The molecule has 1 aromatic heterocycles. The fourth-order valence-corrected chi connectivity index (χ4v) is 3.17. The summed E-state index contributed by atoms with van der Waals surface area (Å²) in [6.07, 6.45) is 4.78. The van der Waals surface area contributed by atoms with Crippen LogP contribution in [-0.2, 0) is 11.3 Å². The molecule has 0 N–H and O–H groups in total. The number of likely N-dealkylation sites (tertiary alicyclic amines) is 1. The van der Waals surface area contributed by atoms with E-state index in [9.17, 15) is 9.59 Å². The minimum Gasteiger partial charge on any atom is -0.493 e. The lowest BCUT2D eigenvalue weighted by atomic mass is 10.2. The summed E-state index contributed by atoms with van der Waals surface area (Å²) in [6.45, 7) is 2.19. The Hall–Kier alpha value is -2.57. The molecule has 134 valence electrons. The minimum atomic E-state index is -0.139. The number of carbonyl (C=O) groups is 1. The van der Waals surface area contributed by atoms with Crippen molar-refractivity contribution in [2.24, 2.45) is 0 Å². The van der Waals surface area contributed by atoms with Gasteiger partial charge in [-0.2, -0.15) is 0 Å². The van der Waals surface area contributed by atoms with Gasteiger partial charge in [0, 0.05) is 32.1 Å². The predicted octanol–water partition coefficient (Wildman–Crippen LogP) is 1.82. The molecule has 1 saturated heterocycles. The van der Waals surface area contributed by atoms with Gasteiger partial charge in [-0.1, -0.05) is 0 Å². The van der Waals surface area contributed by atoms with E-state index in [2.05, 4.69) is 4.98 Å². The number of carbonyl (C=O) groups excluding carboxylic acids is 1. The van der Waals surface area contributed by atoms with Gasteiger partial charge in [0.05, 0.1) is 31.4 Å². The number of nitrogens with zero attached hydrogens (tertiary/aromatic N) is 3. The fourth-order valence-electron chi connectivity index (χ4n) is 3.17. The first-order chi connectivity index (χ1) is 12.1. The Morgan fingerprint density at radius 2 is 1.84 bits per heavy atom. The number of aromatic nitrogens is 2. The molecule has 0 saturated carbocycles. The molecule has 3 rings (SSSR count). The minimum absolute atomic E-state index is 0.139. The number of aryl methyl sites for hydroxylation is 1. The molecule has 2 aromatic rings. The summed E-state index contributed by atoms with van der Waals surface area (Å²) in [6, 6.07) is 3.34. The molecule has 1 amide bonds. The molecule has 7 heteroatoms. The van der Waals surface area contributed by atoms with Crippen molar-refractivity contribution in [2.75, 3.05) is 27.3 Å². The first-order valence-corrected chi connectivity index (χ1v) is 8.53. The van der Waals surface area contributed by atoms with Gasteiger partial charge in [0.2, 0.25) is 5.91 Å². The lowest BCUT2D eigenvalue weighted by molar-refractivity contribution is -0.130. The molecule has 0 atom stereocenters. The Morgan fingerprint density at radius 3 is 2.52 bits per heavy atom. The average molecular weight is 345 g/mol. The number of rotatable bonds is 6. The molecule has 1 aromatic carbocycles. The largest absolute Gasteiger partial charge is 0.493 e. The second-order valence-corrected chi connectivity index (χ2v) is 6.16. The van der Waals surface area contributed by atoms with E-state index in [0.717, 1.165) is 25.9 Å². The van der Waals surface area contributed by atoms with Crippen molar-refractivity contribution in [2.45, 2.75) is 32.2 Å². The van der Waals surface area contributed by atoms with E-state index in [1.54, 1.807) is 23.8 Å². The molecule has 0 bridgehead atoms. The lowest BCUT2D eigenvalue weighted by Gasteiger charge is -2.15. The second kappa shape index (κ2) is 7.55. The highest BCUT2D eigenvalue weighted by atomic mass is 16.5. The number of methoxy groups -OCH3 is 2. The summed E-state index contributed by atoms with van der Waals surface area (Å²) >= 11 is 0. The van der Waals surface area contributed by atoms with Gasteiger partial charge in [-0.15, -0.1) is 0 Å². The van der Waals surface area contributed by atoms with E-state index in [1.807, 2.05) is 4.90 Å². The maximum absolute atomic E-state index is 12.7. The lowest BCUT2D eigenvalue weighted by Crippen LogP contribution is -2.28. The molecule has 7 nitrogen and oxygen atoms in total. The molecular formula is C18H23N3O4. The molecule has 0 radical (unpaired) electrons. The van der Waals surface area contributed by atoms with Crippen LogP contribution in [0.2, 0.25) is 0 Å². The van der Waals surface area contributed by atoms with Crippen molar-refractivity contribution >= 4 is 16.8 Å². The average Bonchev–Trinajstić information content (AvgIpc) is 3.17. The SMILES string of the molecule is COc1cc2ncn(CCCC(=O)N3CCCC3)c(=O)c2cc1OC. The van der Waals surface area contributed by atoms with Gasteiger partial charge < -0.3 is 14.4 Å². The first kappa shape index (κ1) is 17.3. The molecule has 1 fully saturated rings. The van der Waals surface area contributed by atoms with Crippen molar-refractivity contribution in [3.05, 3.63) is 28.8 Å². The quantitative estimate of drug-likeness (QED) is 0.798. The number of ether oxygens (including phenoxy) is 2. The summed E-state index contributed by atoms with van der Waals surface area (Å²) in [4.78, 5) is 31.0. The maximum Gasteiger partial charge on any atom is 0.261 e. The van der Waals surface area contributed by atoms with Crippen LogP contribution in [0.15, 0.2) is 23.3 Å². The van der Waals surface area contributed by atoms with Crippen LogP contribution in [0.4, 0.5) is 0 Å². The molecular weight excluding hydrogens is 322 g/mol. The normalized spacial score (nSPS) is 14.1. The Labute approximate surface area is 146 Å². The predicted molar refractivity (Wildman–Crippen MR) is 94.2 cm³/mol. The third-order valence-electron chi connectivity index (χ3n) is 4.58. The van der Waals surface area contributed by atoms with Crippen LogP contribution in [-0.4, -0.2) is 47.7 Å². The highest BCUT2D eigenvalue weighted by Crippen LogP contribution is 2.29. The maximum atomic E-state index is 12.7.